The Morgan fingerprint density at radius 2 is 1.72 bits per heavy atom. The molecule has 0 aliphatic heterocycles. The minimum absolute atomic E-state index is 0.397. The Balaban J connectivity index is 2.78. The second kappa shape index (κ2) is 4.88. The lowest BCUT2D eigenvalue weighted by Gasteiger charge is -2.25. The van der Waals surface area contributed by atoms with E-state index in [9.17, 15) is 18.0 Å². The molecule has 0 saturated heterocycles. The normalized spacial score (nSPS) is 12.3. The van der Waals surface area contributed by atoms with Gasteiger partial charge in [-0.15, -0.1) is 0 Å². The maximum absolute atomic E-state index is 12.4. The zero-order valence-corrected chi connectivity index (χ0v) is 10.1. The largest absolute Gasteiger partial charge is 0.416 e. The third kappa shape index (κ3) is 4.27. The first-order chi connectivity index (χ1) is 8.10. The fourth-order valence-corrected chi connectivity index (χ4v) is 1.70. The summed E-state index contributed by atoms with van der Waals surface area (Å²) in [5.74, 6) is 0. The summed E-state index contributed by atoms with van der Waals surface area (Å²) in [6.07, 6.45) is -3.94. The molecule has 18 heavy (non-hydrogen) atoms. The molecule has 6 heteroatoms. The van der Waals surface area contributed by atoms with Gasteiger partial charge in [-0.1, -0.05) is 12.1 Å². The van der Waals surface area contributed by atoms with Crippen LogP contribution in [0.4, 0.5) is 18.0 Å². The fourth-order valence-electron chi connectivity index (χ4n) is 1.70. The Morgan fingerprint density at radius 3 is 2.11 bits per heavy atom. The van der Waals surface area contributed by atoms with Crippen molar-refractivity contribution in [2.75, 3.05) is 0 Å². The number of urea groups is 1. The zero-order chi connectivity index (χ0) is 14.0. The molecule has 0 heterocycles. The topological polar surface area (TPSA) is 55.1 Å². The lowest BCUT2D eigenvalue weighted by atomic mass is 9.94. The number of hydrogen-bond donors (Lipinski definition) is 2. The lowest BCUT2D eigenvalue weighted by Crippen LogP contribution is -2.47. The first-order valence-electron chi connectivity index (χ1n) is 5.34. The van der Waals surface area contributed by atoms with Crippen LogP contribution in [0.1, 0.15) is 25.0 Å². The van der Waals surface area contributed by atoms with Gasteiger partial charge < -0.3 is 11.1 Å². The molecule has 1 rings (SSSR count). The number of nitrogens with one attached hydrogen (secondary N) is 1. The summed E-state index contributed by atoms with van der Waals surface area (Å²) in [6, 6.07) is 4.18. The molecule has 0 fully saturated rings. The molecule has 1 aromatic rings. The Kier molecular flexibility index (Phi) is 3.88. The van der Waals surface area contributed by atoms with E-state index in [0.29, 0.717) is 12.0 Å². The van der Waals surface area contributed by atoms with Crippen molar-refractivity contribution < 1.29 is 18.0 Å². The summed E-state index contributed by atoms with van der Waals surface area (Å²) >= 11 is 0. The maximum Gasteiger partial charge on any atom is 0.416 e. The molecule has 0 aliphatic carbocycles. The molecule has 0 atom stereocenters. The summed E-state index contributed by atoms with van der Waals surface area (Å²) in [6.45, 7) is 3.49. The second-order valence-electron chi connectivity index (χ2n) is 4.74. The standard InChI is InChI=1S/C12H15F3N2O/c1-11(2,17-10(16)18)7-8-3-5-9(6-4-8)12(13,14)15/h3-6H,7H2,1-2H3,(H3,16,17,18). The highest BCUT2D eigenvalue weighted by Crippen LogP contribution is 2.29. The van der Waals surface area contributed by atoms with Crippen LogP contribution >= 0.6 is 0 Å². The highest BCUT2D eigenvalue weighted by Gasteiger charge is 2.30. The summed E-state index contributed by atoms with van der Waals surface area (Å²) in [5.41, 5.74) is 4.42. The monoisotopic (exact) mass is 260 g/mol. The second-order valence-corrected chi connectivity index (χ2v) is 4.74. The van der Waals surface area contributed by atoms with Crippen molar-refractivity contribution in [3.05, 3.63) is 35.4 Å². The highest BCUT2D eigenvalue weighted by atomic mass is 19.4. The Morgan fingerprint density at radius 1 is 1.22 bits per heavy atom. The quantitative estimate of drug-likeness (QED) is 0.862. The number of halogens is 3. The minimum Gasteiger partial charge on any atom is -0.352 e. The molecule has 100 valence electrons. The van der Waals surface area contributed by atoms with Crippen molar-refractivity contribution in [3.8, 4) is 0 Å². The van der Waals surface area contributed by atoms with E-state index < -0.39 is 23.3 Å². The van der Waals surface area contributed by atoms with Gasteiger partial charge in [0.1, 0.15) is 0 Å². The SMILES string of the molecule is CC(C)(Cc1ccc(C(F)(F)F)cc1)NC(N)=O. The van der Waals surface area contributed by atoms with Crippen molar-refractivity contribution in [2.45, 2.75) is 32.0 Å². The molecule has 0 aliphatic rings. The minimum atomic E-state index is -4.33. The first kappa shape index (κ1) is 14.3. The number of carbonyl (C=O) groups is 1. The number of nitrogens with two attached hydrogens (primary N) is 1. The van der Waals surface area contributed by atoms with Gasteiger partial charge in [0.05, 0.1) is 5.56 Å². The van der Waals surface area contributed by atoms with Gasteiger partial charge in [-0.05, 0) is 38.0 Å². The van der Waals surface area contributed by atoms with Crippen molar-refractivity contribution in [2.24, 2.45) is 5.73 Å². The van der Waals surface area contributed by atoms with Gasteiger partial charge in [0.15, 0.2) is 0 Å². The predicted octanol–water partition coefficient (Wildman–Crippen LogP) is 2.69. The number of carbonyl (C=O) groups excluding carboxylic acids is 1. The van der Waals surface area contributed by atoms with Crippen LogP contribution in [0.3, 0.4) is 0 Å². The summed E-state index contributed by atoms with van der Waals surface area (Å²) in [5, 5.41) is 2.53. The smallest absolute Gasteiger partial charge is 0.352 e. The highest BCUT2D eigenvalue weighted by molar-refractivity contribution is 5.72. The number of rotatable bonds is 3. The van der Waals surface area contributed by atoms with Crippen molar-refractivity contribution in [1.82, 2.24) is 5.32 Å². The van der Waals surface area contributed by atoms with E-state index in [2.05, 4.69) is 5.32 Å². The van der Waals surface area contributed by atoms with Gasteiger partial charge in [-0.25, -0.2) is 4.79 Å². The van der Waals surface area contributed by atoms with E-state index in [1.54, 1.807) is 13.8 Å². The molecule has 3 nitrogen and oxygen atoms in total. The number of hydrogen-bond acceptors (Lipinski definition) is 1. The molecule has 0 unspecified atom stereocenters. The molecule has 3 N–H and O–H groups in total. The molecule has 2 amide bonds. The van der Waals surface area contributed by atoms with E-state index in [-0.39, 0.29) is 0 Å². The number of amides is 2. The average molecular weight is 260 g/mol. The summed E-state index contributed by atoms with van der Waals surface area (Å²) in [7, 11) is 0. The van der Waals surface area contributed by atoms with Gasteiger partial charge in [-0.3, -0.25) is 0 Å². The lowest BCUT2D eigenvalue weighted by molar-refractivity contribution is -0.137. The maximum atomic E-state index is 12.4. The molecule has 0 spiro atoms. The van der Waals surface area contributed by atoms with Crippen LogP contribution in [-0.2, 0) is 12.6 Å². The Bertz CT molecular complexity index is 424. The average Bonchev–Trinajstić information content (AvgIpc) is 2.13. The van der Waals surface area contributed by atoms with Crippen LogP contribution in [0.2, 0.25) is 0 Å². The third-order valence-corrected chi connectivity index (χ3v) is 2.39. The van der Waals surface area contributed by atoms with Crippen LogP contribution in [-0.4, -0.2) is 11.6 Å². The van der Waals surface area contributed by atoms with Crippen molar-refractivity contribution >= 4 is 6.03 Å². The van der Waals surface area contributed by atoms with Crippen LogP contribution < -0.4 is 11.1 Å². The Hall–Kier alpha value is -1.72. The zero-order valence-electron chi connectivity index (χ0n) is 10.1. The molecular formula is C12H15F3N2O. The van der Waals surface area contributed by atoms with Gasteiger partial charge in [0.25, 0.3) is 0 Å². The van der Waals surface area contributed by atoms with Gasteiger partial charge in [0.2, 0.25) is 0 Å². The van der Waals surface area contributed by atoms with Crippen LogP contribution in [0.15, 0.2) is 24.3 Å². The molecule has 1 aromatic carbocycles. The van der Waals surface area contributed by atoms with Crippen LogP contribution in [0.5, 0.6) is 0 Å². The van der Waals surface area contributed by atoms with Crippen molar-refractivity contribution in [1.29, 1.82) is 0 Å². The number of benzene rings is 1. The summed E-state index contributed by atoms with van der Waals surface area (Å²) in [4.78, 5) is 10.8. The first-order valence-corrected chi connectivity index (χ1v) is 5.34. The number of alkyl halides is 3. The van der Waals surface area contributed by atoms with Gasteiger partial charge in [0, 0.05) is 5.54 Å². The fraction of sp³-hybridized carbons (Fsp3) is 0.417. The van der Waals surface area contributed by atoms with Gasteiger partial charge >= 0.3 is 12.2 Å². The predicted molar refractivity (Wildman–Crippen MR) is 61.9 cm³/mol. The third-order valence-electron chi connectivity index (χ3n) is 2.39. The molecular weight excluding hydrogens is 245 g/mol. The molecule has 0 radical (unpaired) electrons. The van der Waals surface area contributed by atoms with E-state index in [4.69, 9.17) is 5.73 Å². The van der Waals surface area contributed by atoms with Crippen LogP contribution in [0.25, 0.3) is 0 Å². The van der Waals surface area contributed by atoms with Gasteiger partial charge in [-0.2, -0.15) is 13.2 Å². The van der Waals surface area contributed by atoms with Crippen molar-refractivity contribution in [3.63, 3.8) is 0 Å². The summed E-state index contributed by atoms with van der Waals surface area (Å²) < 4.78 is 37.1. The van der Waals surface area contributed by atoms with Crippen LogP contribution in [0, 0.1) is 0 Å². The van der Waals surface area contributed by atoms with E-state index in [1.807, 2.05) is 0 Å². The number of primary amides is 1. The molecule has 0 saturated carbocycles. The molecule has 0 aromatic heterocycles. The van der Waals surface area contributed by atoms with E-state index >= 15 is 0 Å². The van der Waals surface area contributed by atoms with E-state index in [1.165, 1.54) is 12.1 Å². The Labute approximate surface area is 103 Å². The molecule has 0 bridgehead atoms. The van der Waals surface area contributed by atoms with E-state index in [0.717, 1.165) is 12.1 Å².